The maximum Gasteiger partial charge on any atom is 0.119 e. The Morgan fingerprint density at radius 1 is 1.12 bits per heavy atom. The van der Waals surface area contributed by atoms with Crippen molar-refractivity contribution in [1.29, 1.82) is 0 Å². The lowest BCUT2D eigenvalue weighted by Gasteiger charge is -2.12. The number of thiol groups is 2. The molecule has 0 aliphatic heterocycles. The van der Waals surface area contributed by atoms with Crippen LogP contribution in [0.2, 0.25) is 0 Å². The molecule has 1 rings (SSSR count). The van der Waals surface area contributed by atoms with Crippen molar-refractivity contribution in [3.05, 3.63) is 29.3 Å². The molecule has 0 saturated carbocycles. The Balaban J connectivity index is 2.60. The minimum Gasteiger partial charge on any atom is -0.492 e. The Labute approximate surface area is 109 Å². The lowest BCUT2D eigenvalue weighted by atomic mass is 10.1. The van der Waals surface area contributed by atoms with E-state index in [-0.39, 0.29) is 0 Å². The molecule has 0 bridgehead atoms. The van der Waals surface area contributed by atoms with Gasteiger partial charge in [0.2, 0.25) is 0 Å². The van der Waals surface area contributed by atoms with Gasteiger partial charge >= 0.3 is 0 Å². The van der Waals surface area contributed by atoms with Crippen LogP contribution >= 0.6 is 25.3 Å². The third kappa shape index (κ3) is 4.28. The number of nitrogens with zero attached hydrogens (tertiary/aromatic N) is 1. The highest BCUT2D eigenvalue weighted by Crippen LogP contribution is 2.20. The molecule has 4 heteroatoms. The third-order valence-corrected chi connectivity index (χ3v) is 3.01. The van der Waals surface area contributed by atoms with E-state index < -0.39 is 0 Å². The summed E-state index contributed by atoms with van der Waals surface area (Å²) in [4.78, 5) is 2.10. The molecule has 2 nitrogen and oxygen atoms in total. The molecule has 16 heavy (non-hydrogen) atoms. The fraction of sp³-hybridized carbons (Fsp3) is 0.500. The number of ether oxygens (including phenoxy) is 1. The van der Waals surface area contributed by atoms with Gasteiger partial charge in [-0.1, -0.05) is 6.07 Å². The zero-order valence-electron chi connectivity index (χ0n) is 9.81. The molecule has 90 valence electrons. The molecule has 0 radical (unpaired) electrons. The Kier molecular flexibility index (Phi) is 6.09. The van der Waals surface area contributed by atoms with Crippen LogP contribution in [-0.2, 0) is 11.5 Å². The molecule has 0 aliphatic rings. The molecule has 0 spiro atoms. The molecule has 1 aromatic carbocycles. The summed E-state index contributed by atoms with van der Waals surface area (Å²) in [7, 11) is 4.07. The standard InChI is InChI=1S/C12H19NOS2/c1-13(2)5-6-14-12-4-3-10(8-15)11(7-12)9-16/h3-4,7,15-16H,5-6,8-9H2,1-2H3. The number of likely N-dealkylation sites (N-methyl/N-ethyl adjacent to an activating group) is 1. The van der Waals surface area contributed by atoms with Crippen molar-refractivity contribution in [3.63, 3.8) is 0 Å². The van der Waals surface area contributed by atoms with Gasteiger partial charge in [-0.3, -0.25) is 0 Å². The van der Waals surface area contributed by atoms with Crippen molar-refractivity contribution in [2.75, 3.05) is 27.2 Å². The van der Waals surface area contributed by atoms with Crippen molar-refractivity contribution < 1.29 is 4.74 Å². The van der Waals surface area contributed by atoms with Gasteiger partial charge in [0.1, 0.15) is 12.4 Å². The summed E-state index contributed by atoms with van der Waals surface area (Å²) in [6, 6.07) is 6.10. The second-order valence-electron chi connectivity index (χ2n) is 3.90. The zero-order valence-corrected chi connectivity index (χ0v) is 11.6. The van der Waals surface area contributed by atoms with Crippen molar-refractivity contribution >= 4 is 25.3 Å². The summed E-state index contributed by atoms with van der Waals surface area (Å²) in [6.45, 7) is 1.63. The van der Waals surface area contributed by atoms with E-state index in [1.165, 1.54) is 11.1 Å². The van der Waals surface area contributed by atoms with Crippen molar-refractivity contribution in [2.45, 2.75) is 11.5 Å². The highest BCUT2D eigenvalue weighted by atomic mass is 32.1. The second kappa shape index (κ2) is 7.09. The molecule has 0 aromatic heterocycles. The van der Waals surface area contributed by atoms with Crippen LogP contribution in [0.4, 0.5) is 0 Å². The van der Waals surface area contributed by atoms with Crippen LogP contribution in [0.25, 0.3) is 0 Å². The van der Waals surface area contributed by atoms with E-state index >= 15 is 0 Å². The van der Waals surface area contributed by atoms with Gasteiger partial charge < -0.3 is 9.64 Å². The second-order valence-corrected chi connectivity index (χ2v) is 4.53. The Morgan fingerprint density at radius 2 is 1.81 bits per heavy atom. The van der Waals surface area contributed by atoms with Crippen LogP contribution < -0.4 is 4.74 Å². The average molecular weight is 257 g/mol. The van der Waals surface area contributed by atoms with Gasteiger partial charge in [0, 0.05) is 18.1 Å². The van der Waals surface area contributed by atoms with Gasteiger partial charge in [-0.15, -0.1) is 0 Å². The van der Waals surface area contributed by atoms with E-state index in [2.05, 4.69) is 36.2 Å². The molecule has 0 atom stereocenters. The molecule has 0 fully saturated rings. The predicted molar refractivity (Wildman–Crippen MR) is 75.9 cm³/mol. The van der Waals surface area contributed by atoms with Gasteiger partial charge in [-0.25, -0.2) is 0 Å². The van der Waals surface area contributed by atoms with E-state index in [1.54, 1.807) is 0 Å². The van der Waals surface area contributed by atoms with Crippen LogP contribution in [0.5, 0.6) is 5.75 Å². The Bertz CT molecular complexity index is 329. The summed E-state index contributed by atoms with van der Waals surface area (Å²) >= 11 is 8.59. The summed E-state index contributed by atoms with van der Waals surface area (Å²) in [5.74, 6) is 2.38. The number of rotatable bonds is 6. The van der Waals surface area contributed by atoms with Crippen LogP contribution in [0.3, 0.4) is 0 Å². The Morgan fingerprint density at radius 3 is 2.38 bits per heavy atom. The summed E-state index contributed by atoms with van der Waals surface area (Å²) < 4.78 is 5.66. The Hall–Kier alpha value is -0.320. The first-order valence-corrected chi connectivity index (χ1v) is 6.55. The number of hydrogen-bond acceptors (Lipinski definition) is 4. The fourth-order valence-electron chi connectivity index (χ4n) is 1.34. The normalized spacial score (nSPS) is 10.8. The molecular formula is C12H19NOS2. The maximum absolute atomic E-state index is 5.66. The molecule has 0 unspecified atom stereocenters. The SMILES string of the molecule is CN(C)CCOc1ccc(CS)c(CS)c1. The monoisotopic (exact) mass is 257 g/mol. The lowest BCUT2D eigenvalue weighted by Crippen LogP contribution is -2.19. The minimum absolute atomic E-state index is 0.708. The fourth-order valence-corrected chi connectivity index (χ4v) is 1.94. The first-order chi connectivity index (χ1) is 7.67. The molecule has 1 aromatic rings. The molecule has 0 saturated heterocycles. The van der Waals surface area contributed by atoms with Gasteiger partial charge in [0.25, 0.3) is 0 Å². The zero-order chi connectivity index (χ0) is 12.0. The number of benzene rings is 1. The predicted octanol–water partition coefficient (Wildman–Crippen LogP) is 2.49. The topological polar surface area (TPSA) is 12.5 Å². The van der Waals surface area contributed by atoms with E-state index in [4.69, 9.17) is 4.74 Å². The molecular weight excluding hydrogens is 238 g/mol. The first kappa shape index (κ1) is 13.7. The average Bonchev–Trinajstić information content (AvgIpc) is 2.28. The van der Waals surface area contributed by atoms with E-state index in [9.17, 15) is 0 Å². The molecule has 0 heterocycles. The van der Waals surface area contributed by atoms with E-state index in [0.29, 0.717) is 6.61 Å². The van der Waals surface area contributed by atoms with Gasteiger partial charge in [-0.2, -0.15) is 25.3 Å². The minimum atomic E-state index is 0.708. The molecule has 0 N–H and O–H groups in total. The third-order valence-electron chi connectivity index (χ3n) is 2.33. The van der Waals surface area contributed by atoms with Gasteiger partial charge in [0.15, 0.2) is 0 Å². The van der Waals surface area contributed by atoms with Gasteiger partial charge in [0.05, 0.1) is 0 Å². The van der Waals surface area contributed by atoms with Crippen LogP contribution in [-0.4, -0.2) is 32.1 Å². The summed E-state index contributed by atoms with van der Waals surface area (Å²) in [6.07, 6.45) is 0. The van der Waals surface area contributed by atoms with Crippen LogP contribution in [0, 0.1) is 0 Å². The lowest BCUT2D eigenvalue weighted by molar-refractivity contribution is 0.261. The van der Waals surface area contributed by atoms with Crippen molar-refractivity contribution in [2.24, 2.45) is 0 Å². The van der Waals surface area contributed by atoms with Crippen LogP contribution in [0.1, 0.15) is 11.1 Å². The highest BCUT2D eigenvalue weighted by Gasteiger charge is 2.02. The van der Waals surface area contributed by atoms with E-state index in [1.807, 2.05) is 26.2 Å². The summed E-state index contributed by atoms with van der Waals surface area (Å²) in [5, 5.41) is 0. The first-order valence-electron chi connectivity index (χ1n) is 5.28. The van der Waals surface area contributed by atoms with E-state index in [0.717, 1.165) is 23.8 Å². The van der Waals surface area contributed by atoms with Gasteiger partial charge in [-0.05, 0) is 37.4 Å². The van der Waals surface area contributed by atoms with Crippen molar-refractivity contribution in [3.8, 4) is 5.75 Å². The quantitative estimate of drug-likeness (QED) is 0.760. The smallest absolute Gasteiger partial charge is 0.119 e. The number of hydrogen-bond donors (Lipinski definition) is 2. The van der Waals surface area contributed by atoms with Crippen LogP contribution in [0.15, 0.2) is 18.2 Å². The maximum atomic E-state index is 5.66. The largest absolute Gasteiger partial charge is 0.492 e. The highest BCUT2D eigenvalue weighted by molar-refractivity contribution is 7.79. The summed E-state index contributed by atoms with van der Waals surface area (Å²) in [5.41, 5.74) is 2.42. The van der Waals surface area contributed by atoms with Crippen molar-refractivity contribution in [1.82, 2.24) is 4.90 Å². The molecule has 0 aliphatic carbocycles. The molecule has 0 amide bonds.